The molecule has 1 heteroatoms. The van der Waals surface area contributed by atoms with Crippen LogP contribution in [0.15, 0.2) is 0 Å². The minimum Gasteiger partial charge on any atom is -0.0623 e. The van der Waals surface area contributed by atoms with Gasteiger partial charge in [0.15, 0.2) is 0 Å². The Kier molecular flexibility index (Phi) is 4.69. The van der Waals surface area contributed by atoms with E-state index in [1.165, 1.54) is 25.7 Å². The van der Waals surface area contributed by atoms with Crippen LogP contribution < -0.4 is 0 Å². The van der Waals surface area contributed by atoms with Crippen molar-refractivity contribution in [1.82, 2.24) is 0 Å². The zero-order chi connectivity index (χ0) is 5.98. The Morgan fingerprint density at radius 3 is 1.44 bits per heavy atom. The third-order valence-electron chi connectivity index (χ3n) is 2.54. The summed E-state index contributed by atoms with van der Waals surface area (Å²) in [5.74, 6) is 2.01. The van der Waals surface area contributed by atoms with Crippen LogP contribution in [0.25, 0.3) is 0 Å². The largest absolute Gasteiger partial charge is 0.0623 e. The second kappa shape index (κ2) is 4.41. The summed E-state index contributed by atoms with van der Waals surface area (Å²) in [5.41, 5.74) is 0. The second-order valence-electron chi connectivity index (χ2n) is 3.24. The van der Waals surface area contributed by atoms with Gasteiger partial charge in [-0.2, -0.15) is 0 Å². The molecule has 1 aliphatic rings. The van der Waals surface area contributed by atoms with Gasteiger partial charge in [0.05, 0.1) is 0 Å². The van der Waals surface area contributed by atoms with Gasteiger partial charge in [0.2, 0.25) is 0 Å². The van der Waals surface area contributed by atoms with Crippen molar-refractivity contribution in [2.75, 3.05) is 0 Å². The Morgan fingerprint density at radius 2 is 1.22 bits per heavy atom. The summed E-state index contributed by atoms with van der Waals surface area (Å²) in [7, 11) is 0. The average Bonchev–Trinajstić information content (AvgIpc) is 1.77. The summed E-state index contributed by atoms with van der Waals surface area (Å²) in [5, 5.41) is 0. The molecule has 53 valence electrons. The summed E-state index contributed by atoms with van der Waals surface area (Å²) in [6, 6.07) is 0. The molecule has 2 unspecified atom stereocenters. The summed E-state index contributed by atoms with van der Waals surface area (Å²) >= 11 is 0. The molecule has 0 nitrogen and oxygen atoms in total. The topological polar surface area (TPSA) is 0 Å². The summed E-state index contributed by atoms with van der Waals surface area (Å²) in [6.07, 6.45) is 5.90. The molecule has 1 radical (unpaired) electrons. The van der Waals surface area contributed by atoms with Crippen molar-refractivity contribution in [1.29, 1.82) is 0 Å². The number of hydrogen-bond acceptors (Lipinski definition) is 0. The van der Waals surface area contributed by atoms with E-state index in [0.717, 1.165) is 11.8 Å². The van der Waals surface area contributed by atoms with Gasteiger partial charge in [-0.05, 0) is 11.8 Å². The Bertz CT molecular complexity index is 61.0. The molecule has 2 atom stereocenters. The fraction of sp³-hybridized carbons (Fsp3) is 1.00. The molecule has 0 aromatic heterocycles. The van der Waals surface area contributed by atoms with Crippen LogP contribution in [0, 0.1) is 11.8 Å². The molecule has 1 rings (SSSR count). The van der Waals surface area contributed by atoms with E-state index in [9.17, 15) is 0 Å². The minimum absolute atomic E-state index is 0. The molecular formula is C8H16V. The van der Waals surface area contributed by atoms with Gasteiger partial charge in [-0.25, -0.2) is 0 Å². The first-order chi connectivity index (χ1) is 3.80. The molecule has 0 N–H and O–H groups in total. The van der Waals surface area contributed by atoms with Gasteiger partial charge in [0, 0.05) is 18.6 Å². The number of rotatable bonds is 0. The Morgan fingerprint density at radius 1 is 0.889 bits per heavy atom. The van der Waals surface area contributed by atoms with Crippen molar-refractivity contribution >= 4 is 0 Å². The van der Waals surface area contributed by atoms with Gasteiger partial charge in [0.25, 0.3) is 0 Å². The average molecular weight is 163 g/mol. The van der Waals surface area contributed by atoms with Crippen molar-refractivity contribution in [3.8, 4) is 0 Å². The Balaban J connectivity index is 0.000000640. The molecule has 0 bridgehead atoms. The zero-order valence-electron chi connectivity index (χ0n) is 6.43. The summed E-state index contributed by atoms with van der Waals surface area (Å²) in [6.45, 7) is 4.76. The van der Waals surface area contributed by atoms with Crippen LogP contribution in [0.2, 0.25) is 0 Å². The van der Waals surface area contributed by atoms with E-state index in [1.807, 2.05) is 0 Å². The Hall–Kier alpha value is 0.584. The van der Waals surface area contributed by atoms with Crippen LogP contribution >= 0.6 is 0 Å². The fourth-order valence-electron chi connectivity index (χ4n) is 1.50. The SMILES string of the molecule is CC1CCCCC1C.[V]. The van der Waals surface area contributed by atoms with E-state index in [-0.39, 0.29) is 18.6 Å². The predicted molar refractivity (Wildman–Crippen MR) is 36.8 cm³/mol. The minimum atomic E-state index is 0. The molecule has 0 aliphatic heterocycles. The molecule has 1 saturated carbocycles. The van der Waals surface area contributed by atoms with Gasteiger partial charge in [-0.3, -0.25) is 0 Å². The molecule has 0 amide bonds. The van der Waals surface area contributed by atoms with Crippen molar-refractivity contribution in [2.24, 2.45) is 11.8 Å². The molecule has 0 aromatic carbocycles. The van der Waals surface area contributed by atoms with Crippen LogP contribution in [0.1, 0.15) is 39.5 Å². The van der Waals surface area contributed by atoms with Gasteiger partial charge in [-0.15, -0.1) is 0 Å². The van der Waals surface area contributed by atoms with E-state index in [2.05, 4.69) is 13.8 Å². The van der Waals surface area contributed by atoms with Crippen molar-refractivity contribution in [3.05, 3.63) is 0 Å². The van der Waals surface area contributed by atoms with E-state index >= 15 is 0 Å². The third-order valence-corrected chi connectivity index (χ3v) is 2.54. The van der Waals surface area contributed by atoms with Crippen molar-refractivity contribution in [3.63, 3.8) is 0 Å². The van der Waals surface area contributed by atoms with E-state index in [0.29, 0.717) is 0 Å². The van der Waals surface area contributed by atoms with Gasteiger partial charge in [0.1, 0.15) is 0 Å². The van der Waals surface area contributed by atoms with Crippen molar-refractivity contribution in [2.45, 2.75) is 39.5 Å². The van der Waals surface area contributed by atoms with Crippen LogP contribution in [0.3, 0.4) is 0 Å². The molecule has 0 heterocycles. The number of hydrogen-bond donors (Lipinski definition) is 0. The van der Waals surface area contributed by atoms with Gasteiger partial charge in [-0.1, -0.05) is 39.5 Å². The first-order valence-electron chi connectivity index (χ1n) is 3.80. The van der Waals surface area contributed by atoms with E-state index in [1.54, 1.807) is 0 Å². The first kappa shape index (κ1) is 9.58. The molecular weight excluding hydrogens is 147 g/mol. The quantitative estimate of drug-likeness (QED) is 0.515. The molecule has 1 fully saturated rings. The molecule has 0 aromatic rings. The zero-order valence-corrected chi connectivity index (χ0v) is 7.83. The normalized spacial score (nSPS) is 35.3. The monoisotopic (exact) mass is 163 g/mol. The standard InChI is InChI=1S/C8H16.V/c1-7-5-3-4-6-8(7)2;/h7-8H,3-6H2,1-2H3;. The fourth-order valence-corrected chi connectivity index (χ4v) is 1.50. The van der Waals surface area contributed by atoms with Gasteiger partial charge >= 0.3 is 0 Å². The molecule has 0 saturated heterocycles. The smallest absolute Gasteiger partial charge is 0 e. The first-order valence-corrected chi connectivity index (χ1v) is 3.80. The summed E-state index contributed by atoms with van der Waals surface area (Å²) in [4.78, 5) is 0. The third kappa shape index (κ3) is 2.77. The van der Waals surface area contributed by atoms with E-state index < -0.39 is 0 Å². The van der Waals surface area contributed by atoms with Crippen LogP contribution in [-0.2, 0) is 18.6 Å². The van der Waals surface area contributed by atoms with E-state index in [4.69, 9.17) is 0 Å². The van der Waals surface area contributed by atoms with Crippen LogP contribution in [-0.4, -0.2) is 0 Å². The molecule has 9 heavy (non-hydrogen) atoms. The van der Waals surface area contributed by atoms with Crippen LogP contribution in [0.4, 0.5) is 0 Å². The predicted octanol–water partition coefficient (Wildman–Crippen LogP) is 2.83. The van der Waals surface area contributed by atoms with Crippen LogP contribution in [0.5, 0.6) is 0 Å². The van der Waals surface area contributed by atoms with Crippen molar-refractivity contribution < 1.29 is 18.6 Å². The van der Waals surface area contributed by atoms with Gasteiger partial charge < -0.3 is 0 Å². The maximum Gasteiger partial charge on any atom is 0 e. The molecule has 0 spiro atoms. The maximum absolute atomic E-state index is 2.38. The maximum atomic E-state index is 2.38. The molecule has 1 aliphatic carbocycles. The Labute approximate surface area is 70.3 Å². The summed E-state index contributed by atoms with van der Waals surface area (Å²) < 4.78 is 0. The second-order valence-corrected chi connectivity index (χ2v) is 3.24.